The summed E-state index contributed by atoms with van der Waals surface area (Å²) < 4.78 is 38.2. The zero-order valence-electron chi connectivity index (χ0n) is 13.0. The Kier molecular flexibility index (Phi) is 5.32. The third-order valence-electron chi connectivity index (χ3n) is 4.59. The molecular weight excluding hydrogens is 293 g/mol. The third kappa shape index (κ3) is 3.91. The average Bonchev–Trinajstić information content (AvgIpc) is 2.94. The molecule has 3 nitrogen and oxygen atoms in total. The number of piperidine rings is 1. The summed E-state index contributed by atoms with van der Waals surface area (Å²) in [4.78, 5) is 12.0. The van der Waals surface area contributed by atoms with Gasteiger partial charge in [-0.25, -0.2) is 0 Å². The Hall–Kier alpha value is -1.30. The van der Waals surface area contributed by atoms with Gasteiger partial charge in [0.1, 0.15) is 0 Å². The van der Waals surface area contributed by atoms with Crippen molar-refractivity contribution in [2.24, 2.45) is 17.8 Å². The van der Waals surface area contributed by atoms with E-state index in [4.69, 9.17) is 0 Å². The highest BCUT2D eigenvalue weighted by Crippen LogP contribution is 2.48. The monoisotopic (exact) mass is 316 g/mol. The van der Waals surface area contributed by atoms with Gasteiger partial charge >= 0.3 is 6.18 Å². The Bertz CT molecular complexity index is 472. The number of hydrogen-bond donors (Lipinski definition) is 2. The fourth-order valence-corrected chi connectivity index (χ4v) is 3.17. The van der Waals surface area contributed by atoms with Gasteiger partial charge in [-0.15, -0.1) is 0 Å². The number of fused-ring (bicyclic) bond motifs is 1. The number of carbonyl (C=O) groups is 1. The summed E-state index contributed by atoms with van der Waals surface area (Å²) in [5.74, 6) is 1.08. The van der Waals surface area contributed by atoms with Crippen LogP contribution in [-0.4, -0.2) is 31.7 Å². The van der Waals surface area contributed by atoms with Crippen LogP contribution in [0.15, 0.2) is 23.3 Å². The average molecular weight is 316 g/mol. The molecule has 0 bridgehead atoms. The van der Waals surface area contributed by atoms with Crippen LogP contribution in [0.1, 0.15) is 26.7 Å². The number of halogens is 3. The maximum atomic E-state index is 12.7. The standard InChI is InChI=1S/C16H23F3N2O/c1-3-10(7-11(4-2)16(17,18)19)5-6-21-15(22)14-12-8-20-9-13(12)14/h4,7,12-14,20H,3,5-6,8-9H2,1-2H3,(H,21,22)/b10-7+,11-4+. The Morgan fingerprint density at radius 2 is 1.95 bits per heavy atom. The molecule has 1 saturated heterocycles. The number of alkyl halides is 3. The van der Waals surface area contributed by atoms with Crippen LogP contribution in [0, 0.1) is 17.8 Å². The Labute approximate surface area is 129 Å². The number of allylic oxidation sites excluding steroid dienone is 3. The molecule has 0 aromatic heterocycles. The molecule has 2 N–H and O–H groups in total. The Morgan fingerprint density at radius 1 is 1.32 bits per heavy atom. The van der Waals surface area contributed by atoms with Gasteiger partial charge in [0.2, 0.25) is 5.91 Å². The first-order chi connectivity index (χ1) is 10.4. The largest absolute Gasteiger partial charge is 0.416 e. The minimum Gasteiger partial charge on any atom is -0.356 e. The number of rotatable bonds is 6. The normalized spacial score (nSPS) is 28.5. The molecule has 0 radical (unpaired) electrons. The molecule has 22 heavy (non-hydrogen) atoms. The second-order valence-corrected chi connectivity index (χ2v) is 5.95. The summed E-state index contributed by atoms with van der Waals surface area (Å²) in [7, 11) is 0. The van der Waals surface area contributed by atoms with Gasteiger partial charge in [0, 0.05) is 12.5 Å². The smallest absolute Gasteiger partial charge is 0.356 e. The van der Waals surface area contributed by atoms with E-state index in [9.17, 15) is 18.0 Å². The summed E-state index contributed by atoms with van der Waals surface area (Å²) in [6.45, 7) is 5.41. The van der Waals surface area contributed by atoms with E-state index in [0.717, 1.165) is 19.2 Å². The molecule has 1 saturated carbocycles. The molecule has 6 heteroatoms. The molecule has 0 spiro atoms. The molecule has 0 aromatic rings. The third-order valence-corrected chi connectivity index (χ3v) is 4.59. The quantitative estimate of drug-likeness (QED) is 0.740. The molecule has 0 aromatic carbocycles. The van der Waals surface area contributed by atoms with Crippen LogP contribution in [-0.2, 0) is 4.79 Å². The number of carbonyl (C=O) groups excluding carboxylic acids is 1. The minimum absolute atomic E-state index is 0.0500. The van der Waals surface area contributed by atoms with Crippen LogP contribution in [0.5, 0.6) is 0 Å². The van der Waals surface area contributed by atoms with Gasteiger partial charge in [-0.3, -0.25) is 4.79 Å². The highest BCUT2D eigenvalue weighted by molar-refractivity contribution is 5.82. The van der Waals surface area contributed by atoms with E-state index in [1.165, 1.54) is 13.0 Å². The fraction of sp³-hybridized carbons (Fsp3) is 0.688. The molecule has 2 atom stereocenters. The first kappa shape index (κ1) is 17.1. The maximum Gasteiger partial charge on any atom is 0.416 e. The van der Waals surface area contributed by atoms with Crippen molar-refractivity contribution in [3.8, 4) is 0 Å². The lowest BCUT2D eigenvalue weighted by atomic mass is 10.1. The molecule has 1 amide bonds. The van der Waals surface area contributed by atoms with Crippen LogP contribution in [0.25, 0.3) is 0 Å². The van der Waals surface area contributed by atoms with Gasteiger partial charge in [-0.2, -0.15) is 13.2 Å². The Morgan fingerprint density at radius 3 is 2.45 bits per heavy atom. The first-order valence-electron chi connectivity index (χ1n) is 7.79. The molecule has 1 aliphatic carbocycles. The van der Waals surface area contributed by atoms with Crippen molar-refractivity contribution < 1.29 is 18.0 Å². The van der Waals surface area contributed by atoms with Crippen LogP contribution < -0.4 is 10.6 Å². The van der Waals surface area contributed by atoms with Crippen LogP contribution in [0.3, 0.4) is 0 Å². The van der Waals surface area contributed by atoms with E-state index in [1.807, 2.05) is 6.92 Å². The van der Waals surface area contributed by atoms with Gasteiger partial charge in [0.05, 0.1) is 5.57 Å². The lowest BCUT2D eigenvalue weighted by Crippen LogP contribution is -2.30. The van der Waals surface area contributed by atoms with E-state index < -0.39 is 11.7 Å². The molecule has 1 heterocycles. The van der Waals surface area contributed by atoms with Crippen molar-refractivity contribution in [3.05, 3.63) is 23.3 Å². The molecule has 2 unspecified atom stereocenters. The molecule has 124 valence electrons. The molecule has 2 rings (SSSR count). The van der Waals surface area contributed by atoms with Gasteiger partial charge < -0.3 is 10.6 Å². The van der Waals surface area contributed by atoms with Crippen molar-refractivity contribution in [2.45, 2.75) is 32.9 Å². The van der Waals surface area contributed by atoms with Gasteiger partial charge in [-0.05, 0) is 44.7 Å². The number of hydrogen-bond acceptors (Lipinski definition) is 2. The van der Waals surface area contributed by atoms with Crippen molar-refractivity contribution in [1.82, 2.24) is 10.6 Å². The van der Waals surface area contributed by atoms with Gasteiger partial charge in [0.15, 0.2) is 0 Å². The summed E-state index contributed by atoms with van der Waals surface area (Å²) in [5.41, 5.74) is 0.0712. The van der Waals surface area contributed by atoms with Crippen LogP contribution in [0.2, 0.25) is 0 Å². The van der Waals surface area contributed by atoms with Gasteiger partial charge in [0.25, 0.3) is 0 Å². The van der Waals surface area contributed by atoms with E-state index in [1.54, 1.807) is 0 Å². The zero-order chi connectivity index (χ0) is 16.3. The topological polar surface area (TPSA) is 41.1 Å². The van der Waals surface area contributed by atoms with E-state index in [0.29, 0.717) is 36.8 Å². The lowest BCUT2D eigenvalue weighted by molar-refractivity contribution is -0.123. The van der Waals surface area contributed by atoms with E-state index in [-0.39, 0.29) is 11.8 Å². The summed E-state index contributed by atoms with van der Waals surface area (Å²) in [6.07, 6.45) is -1.05. The predicted octanol–water partition coefficient (Wildman–Crippen LogP) is 2.80. The molecule has 2 aliphatic rings. The highest BCUT2D eigenvalue weighted by atomic mass is 19.4. The zero-order valence-corrected chi connectivity index (χ0v) is 13.0. The van der Waals surface area contributed by atoms with Crippen molar-refractivity contribution in [1.29, 1.82) is 0 Å². The molecular formula is C16H23F3N2O. The van der Waals surface area contributed by atoms with Crippen LogP contribution >= 0.6 is 0 Å². The molecule has 1 aliphatic heterocycles. The minimum atomic E-state index is -4.32. The van der Waals surface area contributed by atoms with Crippen LogP contribution in [0.4, 0.5) is 13.2 Å². The second kappa shape index (κ2) is 6.86. The number of amides is 1. The second-order valence-electron chi connectivity index (χ2n) is 5.95. The Balaban J connectivity index is 1.80. The van der Waals surface area contributed by atoms with E-state index >= 15 is 0 Å². The van der Waals surface area contributed by atoms with Gasteiger partial charge in [-0.1, -0.05) is 24.6 Å². The molecule has 2 fully saturated rings. The van der Waals surface area contributed by atoms with Crippen molar-refractivity contribution >= 4 is 5.91 Å². The highest BCUT2D eigenvalue weighted by Gasteiger charge is 2.56. The maximum absolute atomic E-state index is 12.7. The number of nitrogens with one attached hydrogen (secondary N) is 2. The van der Waals surface area contributed by atoms with Crippen molar-refractivity contribution in [3.63, 3.8) is 0 Å². The summed E-state index contributed by atoms with van der Waals surface area (Å²) >= 11 is 0. The van der Waals surface area contributed by atoms with Crippen molar-refractivity contribution in [2.75, 3.05) is 19.6 Å². The fourth-order valence-electron chi connectivity index (χ4n) is 3.17. The van der Waals surface area contributed by atoms with E-state index in [2.05, 4.69) is 10.6 Å². The summed E-state index contributed by atoms with van der Waals surface area (Å²) in [5, 5.41) is 6.09. The SMILES string of the molecule is C/C=C(\C=C(/CC)CCNC(=O)C1C2CNCC21)C(F)(F)F. The lowest BCUT2D eigenvalue weighted by Gasteiger charge is -2.11. The first-order valence-corrected chi connectivity index (χ1v) is 7.79. The summed E-state index contributed by atoms with van der Waals surface area (Å²) in [6, 6.07) is 0. The predicted molar refractivity (Wildman–Crippen MR) is 79.2 cm³/mol.